The van der Waals surface area contributed by atoms with E-state index in [1.165, 1.54) is 5.57 Å². The zero-order chi connectivity index (χ0) is 9.80. The minimum absolute atomic E-state index is 0.758. The summed E-state index contributed by atoms with van der Waals surface area (Å²) in [5, 5.41) is 6.38. The summed E-state index contributed by atoms with van der Waals surface area (Å²) in [7, 11) is 0. The van der Waals surface area contributed by atoms with Crippen molar-refractivity contribution in [2.45, 2.75) is 13.3 Å². The van der Waals surface area contributed by atoms with E-state index in [1.807, 2.05) is 6.92 Å². The number of hydrogen-bond acceptors (Lipinski definition) is 4. The van der Waals surface area contributed by atoms with Crippen molar-refractivity contribution >= 4 is 16.5 Å². The summed E-state index contributed by atoms with van der Waals surface area (Å²) < 4.78 is 5.24. The fourth-order valence-corrected chi connectivity index (χ4v) is 2.04. The Morgan fingerprint density at radius 3 is 3.21 bits per heavy atom. The highest BCUT2D eigenvalue weighted by Crippen LogP contribution is 2.16. The molecule has 0 unspecified atom stereocenters. The molecule has 0 amide bonds. The van der Waals surface area contributed by atoms with Gasteiger partial charge in [-0.2, -0.15) is 0 Å². The maximum Gasteiger partial charge on any atom is 0.183 e. The number of nitrogens with one attached hydrogen (secondary N) is 1. The van der Waals surface area contributed by atoms with Gasteiger partial charge < -0.3 is 10.1 Å². The average molecular weight is 210 g/mol. The molecule has 0 bridgehead atoms. The second-order valence-electron chi connectivity index (χ2n) is 3.33. The Hall–Kier alpha value is -0.870. The summed E-state index contributed by atoms with van der Waals surface area (Å²) in [6.07, 6.45) is 3.19. The largest absolute Gasteiger partial charge is 0.377 e. The lowest BCUT2D eigenvalue weighted by Gasteiger charge is -2.13. The van der Waals surface area contributed by atoms with E-state index in [9.17, 15) is 0 Å². The Bertz CT molecular complexity index is 333. The lowest BCUT2D eigenvalue weighted by atomic mass is 10.1. The molecule has 2 rings (SSSR count). The van der Waals surface area contributed by atoms with Crippen molar-refractivity contribution in [2.24, 2.45) is 0 Å². The predicted molar refractivity (Wildman–Crippen MR) is 58.9 cm³/mol. The van der Waals surface area contributed by atoms with Gasteiger partial charge in [-0.25, -0.2) is 4.98 Å². The molecule has 0 saturated carbocycles. The maximum absolute atomic E-state index is 5.24. The smallest absolute Gasteiger partial charge is 0.183 e. The summed E-state index contributed by atoms with van der Waals surface area (Å²) in [6.45, 7) is 4.52. The zero-order valence-electron chi connectivity index (χ0n) is 8.25. The van der Waals surface area contributed by atoms with Gasteiger partial charge in [0.05, 0.1) is 18.9 Å². The molecule has 0 radical (unpaired) electrons. The Balaban J connectivity index is 1.84. The van der Waals surface area contributed by atoms with Crippen LogP contribution in [-0.4, -0.2) is 24.7 Å². The zero-order valence-corrected chi connectivity index (χ0v) is 9.06. The first-order valence-corrected chi connectivity index (χ1v) is 5.64. The number of rotatable bonds is 3. The summed E-state index contributed by atoms with van der Waals surface area (Å²) in [5.74, 6) is 0. The number of thiazole rings is 1. The predicted octanol–water partition coefficient (Wildman–Crippen LogP) is 2.21. The van der Waals surface area contributed by atoms with E-state index in [0.29, 0.717) is 0 Å². The number of ether oxygens (including phenoxy) is 1. The molecule has 1 aliphatic rings. The maximum atomic E-state index is 5.24. The third-order valence-electron chi connectivity index (χ3n) is 2.14. The first-order valence-electron chi connectivity index (χ1n) is 4.76. The Kier molecular flexibility index (Phi) is 3.16. The van der Waals surface area contributed by atoms with Gasteiger partial charge in [0.15, 0.2) is 5.13 Å². The van der Waals surface area contributed by atoms with Crippen molar-refractivity contribution in [3.63, 3.8) is 0 Å². The fourth-order valence-electron chi connectivity index (χ4n) is 1.35. The molecule has 14 heavy (non-hydrogen) atoms. The van der Waals surface area contributed by atoms with Crippen molar-refractivity contribution in [1.82, 2.24) is 4.98 Å². The van der Waals surface area contributed by atoms with Gasteiger partial charge >= 0.3 is 0 Å². The molecule has 76 valence electrons. The minimum atomic E-state index is 0.758. The normalized spacial score (nSPS) is 16.5. The molecule has 0 spiro atoms. The van der Waals surface area contributed by atoms with E-state index in [0.717, 1.165) is 37.0 Å². The molecule has 0 atom stereocenters. The molecule has 0 aliphatic carbocycles. The van der Waals surface area contributed by atoms with Gasteiger partial charge in [-0.3, -0.25) is 0 Å². The van der Waals surface area contributed by atoms with Gasteiger partial charge in [-0.05, 0) is 13.3 Å². The van der Waals surface area contributed by atoms with Crippen LogP contribution in [0.1, 0.15) is 12.1 Å². The topological polar surface area (TPSA) is 34.1 Å². The first kappa shape index (κ1) is 9.68. The highest BCUT2D eigenvalue weighted by Gasteiger charge is 2.04. The number of aryl methyl sites for hydroxylation is 1. The molecule has 2 heterocycles. The summed E-state index contributed by atoms with van der Waals surface area (Å²) >= 11 is 1.66. The van der Waals surface area contributed by atoms with Gasteiger partial charge in [-0.1, -0.05) is 11.6 Å². The number of anilines is 1. The SMILES string of the molecule is Cc1csc(NCC2=CCOCC2)n1. The monoisotopic (exact) mass is 210 g/mol. The van der Waals surface area contributed by atoms with E-state index in [-0.39, 0.29) is 0 Å². The quantitative estimate of drug-likeness (QED) is 0.777. The van der Waals surface area contributed by atoms with Crippen molar-refractivity contribution in [2.75, 3.05) is 25.1 Å². The number of nitrogens with zero attached hydrogens (tertiary/aromatic N) is 1. The van der Waals surface area contributed by atoms with E-state index >= 15 is 0 Å². The first-order chi connectivity index (χ1) is 6.84. The third-order valence-corrected chi connectivity index (χ3v) is 3.06. The molecule has 0 fully saturated rings. The highest BCUT2D eigenvalue weighted by atomic mass is 32.1. The van der Waals surface area contributed by atoms with Crippen molar-refractivity contribution < 1.29 is 4.74 Å². The molecule has 4 heteroatoms. The second kappa shape index (κ2) is 4.57. The fraction of sp³-hybridized carbons (Fsp3) is 0.500. The van der Waals surface area contributed by atoms with Crippen LogP contribution >= 0.6 is 11.3 Å². The van der Waals surface area contributed by atoms with E-state index in [4.69, 9.17) is 4.74 Å². The number of hydrogen-bond donors (Lipinski definition) is 1. The van der Waals surface area contributed by atoms with Crippen LogP contribution in [0.25, 0.3) is 0 Å². The van der Waals surface area contributed by atoms with Gasteiger partial charge in [0.2, 0.25) is 0 Å². The second-order valence-corrected chi connectivity index (χ2v) is 4.19. The molecule has 1 aromatic heterocycles. The lowest BCUT2D eigenvalue weighted by molar-refractivity contribution is 0.154. The molecule has 1 N–H and O–H groups in total. The average Bonchev–Trinajstić information content (AvgIpc) is 2.63. The van der Waals surface area contributed by atoms with Gasteiger partial charge in [0.25, 0.3) is 0 Å². The van der Waals surface area contributed by atoms with Crippen LogP contribution in [-0.2, 0) is 4.74 Å². The minimum Gasteiger partial charge on any atom is -0.377 e. The molecule has 0 saturated heterocycles. The van der Waals surface area contributed by atoms with Crippen molar-refractivity contribution in [3.8, 4) is 0 Å². The van der Waals surface area contributed by atoms with Crippen LogP contribution < -0.4 is 5.32 Å². The Labute approximate surface area is 87.8 Å². The van der Waals surface area contributed by atoms with Gasteiger partial charge in [0.1, 0.15) is 0 Å². The lowest BCUT2D eigenvalue weighted by Crippen LogP contribution is -2.12. The van der Waals surface area contributed by atoms with Crippen LogP contribution in [0.5, 0.6) is 0 Å². The number of aromatic nitrogens is 1. The summed E-state index contributed by atoms with van der Waals surface area (Å²) in [5.41, 5.74) is 2.50. The van der Waals surface area contributed by atoms with Crippen LogP contribution in [0.2, 0.25) is 0 Å². The van der Waals surface area contributed by atoms with E-state index in [2.05, 4.69) is 21.8 Å². The molecule has 0 aromatic carbocycles. The molecule has 1 aromatic rings. The van der Waals surface area contributed by atoms with Gasteiger partial charge in [0, 0.05) is 11.9 Å². The van der Waals surface area contributed by atoms with Crippen LogP contribution in [0, 0.1) is 6.92 Å². The van der Waals surface area contributed by atoms with Crippen LogP contribution in [0.15, 0.2) is 17.0 Å². The van der Waals surface area contributed by atoms with Crippen LogP contribution in [0.4, 0.5) is 5.13 Å². The highest BCUT2D eigenvalue weighted by molar-refractivity contribution is 7.13. The Morgan fingerprint density at radius 1 is 1.64 bits per heavy atom. The van der Waals surface area contributed by atoms with Crippen molar-refractivity contribution in [1.29, 1.82) is 0 Å². The van der Waals surface area contributed by atoms with E-state index < -0.39 is 0 Å². The van der Waals surface area contributed by atoms with E-state index in [1.54, 1.807) is 11.3 Å². The molecular weight excluding hydrogens is 196 g/mol. The summed E-state index contributed by atoms with van der Waals surface area (Å²) in [4.78, 5) is 4.34. The molecular formula is C10H14N2OS. The third kappa shape index (κ3) is 2.56. The molecule has 1 aliphatic heterocycles. The molecule has 3 nitrogen and oxygen atoms in total. The summed E-state index contributed by atoms with van der Waals surface area (Å²) in [6, 6.07) is 0. The van der Waals surface area contributed by atoms with Crippen LogP contribution in [0.3, 0.4) is 0 Å². The Morgan fingerprint density at radius 2 is 2.57 bits per heavy atom. The van der Waals surface area contributed by atoms with Gasteiger partial charge in [-0.15, -0.1) is 11.3 Å². The standard InChI is InChI=1S/C10H14N2OS/c1-8-7-14-10(12-8)11-6-9-2-4-13-5-3-9/h2,7H,3-6H2,1H3,(H,11,12). The van der Waals surface area contributed by atoms with Crippen molar-refractivity contribution in [3.05, 3.63) is 22.7 Å².